The van der Waals surface area contributed by atoms with Crippen molar-refractivity contribution in [2.75, 3.05) is 0 Å². The van der Waals surface area contributed by atoms with Crippen molar-refractivity contribution in [3.8, 4) is 0 Å². The lowest BCUT2D eigenvalue weighted by Crippen LogP contribution is -2.36. The monoisotopic (exact) mass is 273 g/mol. The number of hydrogen-bond donors (Lipinski definition) is 1. The van der Waals surface area contributed by atoms with E-state index >= 15 is 0 Å². The van der Waals surface area contributed by atoms with Crippen LogP contribution < -0.4 is 5.32 Å². The molecule has 1 aromatic carbocycles. The largest absolute Gasteiger partial charge is 0.307 e. The molecular weight excluding hydrogens is 242 g/mol. The summed E-state index contributed by atoms with van der Waals surface area (Å²) < 4.78 is 0. The van der Waals surface area contributed by atoms with Crippen molar-refractivity contribution in [3.63, 3.8) is 0 Å². The van der Waals surface area contributed by atoms with Gasteiger partial charge in [-0.2, -0.15) is 0 Å². The summed E-state index contributed by atoms with van der Waals surface area (Å²) in [6.07, 6.45) is 6.95. The number of hydrogen-bond acceptors (Lipinski definition) is 1. The first-order chi connectivity index (χ1) is 9.58. The van der Waals surface area contributed by atoms with E-state index in [1.54, 1.807) is 0 Å². The zero-order chi connectivity index (χ0) is 14.5. The lowest BCUT2D eigenvalue weighted by atomic mass is 9.94. The van der Waals surface area contributed by atoms with Crippen molar-refractivity contribution in [2.45, 2.75) is 77.8 Å². The van der Waals surface area contributed by atoms with Crippen molar-refractivity contribution >= 4 is 0 Å². The summed E-state index contributed by atoms with van der Waals surface area (Å²) in [6.45, 7) is 9.23. The molecule has 1 nitrogen and oxygen atoms in total. The first-order valence-electron chi connectivity index (χ1n) is 8.44. The second kappa shape index (κ2) is 7.26. The molecule has 1 aliphatic rings. The average Bonchev–Trinajstić information content (AvgIpc) is 2.64. The minimum atomic E-state index is 0.460. The van der Waals surface area contributed by atoms with Crippen LogP contribution in [0.1, 0.15) is 82.9 Å². The number of benzene rings is 1. The van der Waals surface area contributed by atoms with Gasteiger partial charge in [0.2, 0.25) is 0 Å². The molecule has 0 radical (unpaired) electrons. The van der Waals surface area contributed by atoms with E-state index in [2.05, 4.69) is 57.3 Å². The first-order valence-corrected chi connectivity index (χ1v) is 8.44. The van der Waals surface area contributed by atoms with Crippen molar-refractivity contribution in [1.29, 1.82) is 0 Å². The molecule has 20 heavy (non-hydrogen) atoms. The molecule has 0 saturated heterocycles. The summed E-state index contributed by atoms with van der Waals surface area (Å²) in [7, 11) is 0. The van der Waals surface area contributed by atoms with Gasteiger partial charge in [0.1, 0.15) is 0 Å². The van der Waals surface area contributed by atoms with Gasteiger partial charge in [-0.1, -0.05) is 64.3 Å². The summed E-state index contributed by atoms with van der Waals surface area (Å²) in [4.78, 5) is 0. The lowest BCUT2D eigenvalue weighted by Gasteiger charge is -2.27. The molecule has 3 atom stereocenters. The minimum Gasteiger partial charge on any atom is -0.307 e. The third kappa shape index (κ3) is 4.09. The van der Waals surface area contributed by atoms with E-state index in [0.717, 1.165) is 5.92 Å². The lowest BCUT2D eigenvalue weighted by molar-refractivity contribution is 0.330. The molecule has 1 N–H and O–H groups in total. The molecule has 0 bridgehead atoms. The zero-order valence-electron chi connectivity index (χ0n) is 13.7. The summed E-state index contributed by atoms with van der Waals surface area (Å²) in [5.41, 5.74) is 2.86. The molecule has 1 fully saturated rings. The minimum absolute atomic E-state index is 0.460. The van der Waals surface area contributed by atoms with Crippen molar-refractivity contribution in [3.05, 3.63) is 35.4 Å². The highest BCUT2D eigenvalue weighted by atomic mass is 14.9. The first kappa shape index (κ1) is 15.6. The molecule has 0 aromatic heterocycles. The molecule has 0 spiro atoms. The Morgan fingerprint density at radius 1 is 0.900 bits per heavy atom. The topological polar surface area (TPSA) is 12.0 Å². The van der Waals surface area contributed by atoms with Crippen molar-refractivity contribution in [1.82, 2.24) is 5.32 Å². The van der Waals surface area contributed by atoms with Gasteiger partial charge in [0.15, 0.2) is 0 Å². The zero-order valence-corrected chi connectivity index (χ0v) is 13.7. The summed E-state index contributed by atoms with van der Waals surface area (Å²) in [5.74, 6) is 1.43. The van der Waals surface area contributed by atoms with Gasteiger partial charge < -0.3 is 5.32 Å². The molecule has 0 heterocycles. The second-order valence-corrected chi connectivity index (χ2v) is 6.93. The molecule has 1 heteroatoms. The molecule has 2 rings (SSSR count). The van der Waals surface area contributed by atoms with Crippen LogP contribution in [0.25, 0.3) is 0 Å². The molecule has 0 aliphatic heterocycles. The van der Waals surface area contributed by atoms with E-state index in [0.29, 0.717) is 18.0 Å². The molecule has 1 aromatic rings. The fourth-order valence-corrected chi connectivity index (χ4v) is 3.33. The maximum absolute atomic E-state index is 3.87. The van der Waals surface area contributed by atoms with Gasteiger partial charge in [-0.3, -0.25) is 0 Å². The summed E-state index contributed by atoms with van der Waals surface area (Å²) in [6, 6.07) is 10.3. The van der Waals surface area contributed by atoms with Crippen LogP contribution in [0.4, 0.5) is 0 Å². The molecule has 1 saturated carbocycles. The quantitative estimate of drug-likeness (QED) is 0.721. The average molecular weight is 273 g/mol. The smallest absolute Gasteiger partial charge is 0.0294 e. The van der Waals surface area contributed by atoms with E-state index in [9.17, 15) is 0 Å². The van der Waals surface area contributed by atoms with Crippen LogP contribution in [-0.2, 0) is 0 Å². The van der Waals surface area contributed by atoms with Gasteiger partial charge in [-0.05, 0) is 42.7 Å². The van der Waals surface area contributed by atoms with E-state index in [4.69, 9.17) is 0 Å². The van der Waals surface area contributed by atoms with Crippen LogP contribution in [0.2, 0.25) is 0 Å². The third-order valence-corrected chi connectivity index (χ3v) is 4.93. The van der Waals surface area contributed by atoms with Gasteiger partial charge in [0.25, 0.3) is 0 Å². The van der Waals surface area contributed by atoms with Gasteiger partial charge >= 0.3 is 0 Å². The van der Waals surface area contributed by atoms with E-state index in [-0.39, 0.29) is 0 Å². The standard InChI is InChI=1S/C19H31N/c1-14(2)17-10-12-18(13-11-17)16(4)20-19-9-7-5-6-8-15(19)3/h10-16,19-20H,5-9H2,1-4H3. The highest BCUT2D eigenvalue weighted by Gasteiger charge is 2.21. The highest BCUT2D eigenvalue weighted by molar-refractivity contribution is 5.26. The van der Waals surface area contributed by atoms with Crippen LogP contribution in [-0.4, -0.2) is 6.04 Å². The maximum atomic E-state index is 3.87. The van der Waals surface area contributed by atoms with Gasteiger partial charge in [-0.15, -0.1) is 0 Å². The van der Waals surface area contributed by atoms with Crippen LogP contribution in [0, 0.1) is 5.92 Å². The SMILES string of the molecule is CC(C)c1ccc(C(C)NC2CCCCCC2C)cc1. The highest BCUT2D eigenvalue weighted by Crippen LogP contribution is 2.26. The normalized spacial score (nSPS) is 25.4. The Bertz CT molecular complexity index is 393. The van der Waals surface area contributed by atoms with Crippen LogP contribution in [0.15, 0.2) is 24.3 Å². The third-order valence-electron chi connectivity index (χ3n) is 4.93. The van der Waals surface area contributed by atoms with Crippen LogP contribution >= 0.6 is 0 Å². The van der Waals surface area contributed by atoms with Gasteiger partial charge in [0, 0.05) is 12.1 Å². The Balaban J connectivity index is 1.97. The Morgan fingerprint density at radius 2 is 1.50 bits per heavy atom. The summed E-state index contributed by atoms with van der Waals surface area (Å²) in [5, 5.41) is 3.87. The number of rotatable bonds is 4. The molecule has 0 amide bonds. The Morgan fingerprint density at radius 3 is 2.15 bits per heavy atom. The Labute approximate surface area is 125 Å². The van der Waals surface area contributed by atoms with Crippen LogP contribution in [0.5, 0.6) is 0 Å². The van der Waals surface area contributed by atoms with Gasteiger partial charge in [0.05, 0.1) is 0 Å². The molecule has 1 aliphatic carbocycles. The molecule has 3 unspecified atom stereocenters. The van der Waals surface area contributed by atoms with Crippen molar-refractivity contribution < 1.29 is 0 Å². The second-order valence-electron chi connectivity index (χ2n) is 6.93. The van der Waals surface area contributed by atoms with Crippen molar-refractivity contribution in [2.24, 2.45) is 5.92 Å². The van der Waals surface area contributed by atoms with E-state index < -0.39 is 0 Å². The van der Waals surface area contributed by atoms with E-state index in [1.165, 1.54) is 43.2 Å². The summed E-state index contributed by atoms with van der Waals surface area (Å²) >= 11 is 0. The predicted molar refractivity (Wildman–Crippen MR) is 88.1 cm³/mol. The predicted octanol–water partition coefficient (Wildman–Crippen LogP) is 5.43. The van der Waals surface area contributed by atoms with E-state index in [1.807, 2.05) is 0 Å². The fourth-order valence-electron chi connectivity index (χ4n) is 3.33. The molecular formula is C19H31N. The Kier molecular flexibility index (Phi) is 5.65. The fraction of sp³-hybridized carbons (Fsp3) is 0.684. The van der Waals surface area contributed by atoms with Crippen LogP contribution in [0.3, 0.4) is 0 Å². The maximum Gasteiger partial charge on any atom is 0.0294 e. The van der Waals surface area contributed by atoms with Gasteiger partial charge in [-0.25, -0.2) is 0 Å². The number of nitrogens with one attached hydrogen (secondary N) is 1. The molecule has 112 valence electrons. The Hall–Kier alpha value is -0.820.